The molecule has 5 heterocycles. The maximum atomic E-state index is 5.50. The van der Waals surface area contributed by atoms with Gasteiger partial charge in [-0.25, -0.2) is 9.97 Å². The molecule has 11 rings (SSSR count). The van der Waals surface area contributed by atoms with Crippen molar-refractivity contribution < 1.29 is 0 Å². The molecule has 4 aromatic carbocycles. The van der Waals surface area contributed by atoms with Crippen LogP contribution in [0.4, 0.5) is 0 Å². The van der Waals surface area contributed by atoms with Crippen LogP contribution < -0.4 is 0 Å². The van der Waals surface area contributed by atoms with Crippen LogP contribution >= 0.6 is 0 Å². The first kappa shape index (κ1) is 57.3. The lowest BCUT2D eigenvalue weighted by Gasteiger charge is -2.33. The highest BCUT2D eigenvalue weighted by Gasteiger charge is 2.44. The summed E-state index contributed by atoms with van der Waals surface area (Å²) in [5.74, 6) is 0. The summed E-state index contributed by atoms with van der Waals surface area (Å²) >= 11 is 0. The predicted molar refractivity (Wildman–Crippen MR) is 354 cm³/mol. The number of nitrogens with zero attached hydrogens (tertiary/aromatic N) is 2. The quantitative estimate of drug-likeness (QED) is 0.0441. The average Bonchev–Trinajstić information content (AvgIpc) is 3.84. The minimum Gasteiger partial charge on any atom is -0.355 e. The molecular weight excluding hydrogens is 993 g/mol. The van der Waals surface area contributed by atoms with Gasteiger partial charge in [0.25, 0.3) is 0 Å². The monoisotopic (exact) mass is 1090 g/mol. The van der Waals surface area contributed by atoms with E-state index in [0.717, 1.165) is 56.0 Å². The van der Waals surface area contributed by atoms with Gasteiger partial charge in [-0.05, 0) is 154 Å². The minimum absolute atomic E-state index is 0.0131. The second-order valence-corrected chi connectivity index (χ2v) is 25.1. The van der Waals surface area contributed by atoms with Crippen LogP contribution in [0.5, 0.6) is 0 Å². The molecule has 2 N–H and O–H groups in total. The fourth-order valence-corrected chi connectivity index (χ4v) is 15.1. The van der Waals surface area contributed by atoms with Crippen LogP contribution in [0.25, 0.3) is 90.9 Å². The average molecular weight is 1090 g/mol. The zero-order chi connectivity index (χ0) is 56.1. The smallest absolute Gasteiger partial charge is 0.0736 e. The van der Waals surface area contributed by atoms with Crippen molar-refractivity contribution in [2.75, 3.05) is 0 Å². The summed E-state index contributed by atoms with van der Waals surface area (Å²) < 4.78 is 0. The first-order valence-electron chi connectivity index (χ1n) is 33.1. The first-order valence-corrected chi connectivity index (χ1v) is 33.1. The van der Waals surface area contributed by atoms with Crippen molar-refractivity contribution in [2.24, 2.45) is 0 Å². The van der Waals surface area contributed by atoms with Crippen LogP contribution in [0.15, 0.2) is 121 Å². The molecule has 7 aromatic rings. The van der Waals surface area contributed by atoms with E-state index in [1.54, 1.807) is 11.1 Å². The molecule has 2 aliphatic heterocycles. The van der Waals surface area contributed by atoms with Crippen LogP contribution in [-0.2, 0) is 10.8 Å². The number of fused-ring (bicyclic) bond motifs is 14. The molecule has 2 aliphatic carbocycles. The third kappa shape index (κ3) is 12.3. The number of aromatic amines is 2. The Morgan fingerprint density at radius 3 is 1.04 bits per heavy atom. The van der Waals surface area contributed by atoms with Crippen LogP contribution in [0.1, 0.15) is 253 Å². The van der Waals surface area contributed by atoms with E-state index in [2.05, 4.69) is 183 Å². The van der Waals surface area contributed by atoms with E-state index in [0.29, 0.717) is 0 Å². The van der Waals surface area contributed by atoms with Crippen molar-refractivity contribution in [3.8, 4) is 44.5 Å². The van der Waals surface area contributed by atoms with Crippen molar-refractivity contribution in [1.82, 2.24) is 19.9 Å². The Kier molecular flexibility index (Phi) is 19.0. The van der Waals surface area contributed by atoms with Crippen LogP contribution in [0.3, 0.4) is 0 Å². The van der Waals surface area contributed by atoms with E-state index in [1.165, 1.54) is 224 Å². The van der Waals surface area contributed by atoms with Crippen LogP contribution in [0.2, 0.25) is 0 Å². The van der Waals surface area contributed by atoms with Gasteiger partial charge in [0.15, 0.2) is 0 Å². The maximum Gasteiger partial charge on any atom is 0.0736 e. The Hall–Kier alpha value is -6.52. The summed E-state index contributed by atoms with van der Waals surface area (Å²) in [6.07, 6.45) is 45.1. The van der Waals surface area contributed by atoms with Crippen molar-refractivity contribution >= 4 is 46.4 Å². The summed E-state index contributed by atoms with van der Waals surface area (Å²) in [5.41, 5.74) is 24.5. The summed E-state index contributed by atoms with van der Waals surface area (Å²) in [6.45, 7) is 9.30. The Balaban J connectivity index is 1.00. The lowest BCUT2D eigenvalue weighted by molar-refractivity contribution is 0.398. The molecule has 4 aliphatic rings. The zero-order valence-electron chi connectivity index (χ0n) is 50.5. The Morgan fingerprint density at radius 2 is 0.659 bits per heavy atom. The Morgan fingerprint density at radius 1 is 0.317 bits per heavy atom. The summed E-state index contributed by atoms with van der Waals surface area (Å²) in [7, 11) is 0. The second kappa shape index (κ2) is 27.3. The zero-order valence-corrected chi connectivity index (χ0v) is 50.5. The van der Waals surface area contributed by atoms with Gasteiger partial charge < -0.3 is 9.97 Å². The lowest BCUT2D eigenvalue weighted by Crippen LogP contribution is -2.25. The van der Waals surface area contributed by atoms with E-state index in [4.69, 9.17) is 9.97 Å². The molecule has 0 atom stereocenters. The number of benzene rings is 4. The van der Waals surface area contributed by atoms with E-state index < -0.39 is 0 Å². The summed E-state index contributed by atoms with van der Waals surface area (Å²) in [4.78, 5) is 18.8. The highest BCUT2D eigenvalue weighted by atomic mass is 14.8. The number of aromatic nitrogens is 4. The van der Waals surface area contributed by atoms with Gasteiger partial charge in [0.1, 0.15) is 0 Å². The van der Waals surface area contributed by atoms with Gasteiger partial charge in [-0.1, -0.05) is 255 Å². The molecule has 4 heteroatoms. The molecule has 0 saturated carbocycles. The molecule has 4 nitrogen and oxygen atoms in total. The molecular formula is C78H94N4. The van der Waals surface area contributed by atoms with E-state index in [-0.39, 0.29) is 10.8 Å². The summed E-state index contributed by atoms with van der Waals surface area (Å²) in [6, 6.07) is 47.1. The van der Waals surface area contributed by atoms with Gasteiger partial charge in [0, 0.05) is 44.0 Å². The van der Waals surface area contributed by atoms with Gasteiger partial charge in [-0.3, -0.25) is 0 Å². The van der Waals surface area contributed by atoms with Gasteiger partial charge in [0.05, 0.1) is 22.8 Å². The van der Waals surface area contributed by atoms with Crippen molar-refractivity contribution in [2.45, 2.75) is 218 Å². The Labute approximate surface area is 492 Å². The fourth-order valence-electron chi connectivity index (χ4n) is 15.1. The number of nitrogens with one attached hydrogen (secondary N) is 2. The number of hydrogen-bond donors (Lipinski definition) is 2. The molecule has 0 saturated heterocycles. The minimum atomic E-state index is -0.0131. The fraction of sp³-hybridized carbons (Fsp3) is 0.436. The van der Waals surface area contributed by atoms with Gasteiger partial charge in [0.2, 0.25) is 0 Å². The highest BCUT2D eigenvalue weighted by molar-refractivity contribution is 5.95. The summed E-state index contributed by atoms with van der Waals surface area (Å²) in [5, 5.41) is 0. The van der Waals surface area contributed by atoms with E-state index in [1.807, 2.05) is 0 Å². The molecule has 0 spiro atoms. The molecule has 0 unspecified atom stereocenters. The molecule has 0 fully saturated rings. The maximum absolute atomic E-state index is 5.50. The number of hydrogen-bond acceptors (Lipinski definition) is 2. The van der Waals surface area contributed by atoms with Crippen LogP contribution in [-0.4, -0.2) is 19.9 Å². The molecule has 0 radical (unpaired) electrons. The first-order chi connectivity index (χ1) is 40.5. The van der Waals surface area contributed by atoms with Crippen molar-refractivity contribution in [3.05, 3.63) is 166 Å². The largest absolute Gasteiger partial charge is 0.355 e. The van der Waals surface area contributed by atoms with Crippen molar-refractivity contribution in [3.63, 3.8) is 0 Å². The predicted octanol–water partition coefficient (Wildman–Crippen LogP) is 23.5. The number of rotatable bonds is 30. The third-order valence-electron chi connectivity index (χ3n) is 19.3. The number of unbranched alkanes of at least 4 members (excludes halogenated alkanes) is 20. The highest BCUT2D eigenvalue weighted by Crippen LogP contribution is 2.57. The molecule has 8 bridgehead atoms. The molecule has 426 valence electrons. The lowest BCUT2D eigenvalue weighted by atomic mass is 9.70. The van der Waals surface area contributed by atoms with E-state index >= 15 is 0 Å². The van der Waals surface area contributed by atoms with Crippen LogP contribution in [0, 0.1) is 0 Å². The normalized spacial score (nSPS) is 14.1. The molecule has 3 aromatic heterocycles. The van der Waals surface area contributed by atoms with Crippen molar-refractivity contribution in [1.29, 1.82) is 0 Å². The van der Waals surface area contributed by atoms with Gasteiger partial charge in [-0.2, -0.15) is 0 Å². The SMILES string of the molecule is CCCCCCCCC1(CCCCCCCC)c2ccccc2-c2ccc(-c3c4nc(cc5ccc([nH]5)c(-c5ccc6c(c5)C(CCCCCCCC)(CCCCCCCC)c5ccccc5-6)c5nc(cc6ccc3[nH]6)C=C5)C=C4)cc21. The van der Waals surface area contributed by atoms with Gasteiger partial charge >= 0.3 is 0 Å². The molecule has 82 heavy (non-hydrogen) atoms. The van der Waals surface area contributed by atoms with E-state index in [9.17, 15) is 0 Å². The Bertz CT molecular complexity index is 3260. The number of H-pyrrole nitrogens is 2. The third-order valence-corrected chi connectivity index (χ3v) is 19.3. The second-order valence-electron chi connectivity index (χ2n) is 25.1. The topological polar surface area (TPSA) is 57.4 Å². The van der Waals surface area contributed by atoms with Gasteiger partial charge in [-0.15, -0.1) is 0 Å². The molecule has 0 amide bonds. The standard InChI is InChI=1S/C78H94N4/c1-5-9-13-17-21-29-49-77(50-30-22-18-14-10-6-2)67-35-27-25-33-63(67)65-43-37-57(53-69(65)77)75-71-45-39-59(79-71)55-61-41-47-73(81-61)76(74-48-42-62(82-74)56-60-40-46-72(75)80-60)58-38-44-66-64-34-26-28-36-68(64)78(70(66)54-58,51-31-23-19-15-11-7-3)52-32-24-20-16-12-8-4/h25-28,33-48,53-56,79,82H,5-24,29-32,49-52H2,1-4H3.